The van der Waals surface area contributed by atoms with E-state index >= 15 is 0 Å². The number of hydrogen-bond donors (Lipinski definition) is 1. The van der Waals surface area contributed by atoms with Crippen molar-refractivity contribution in [1.29, 1.82) is 0 Å². The molecule has 0 aliphatic heterocycles. The first-order chi connectivity index (χ1) is 21.1. The van der Waals surface area contributed by atoms with E-state index in [1.807, 2.05) is 61.5 Å². The zero-order valence-electron chi connectivity index (χ0n) is 24.6. The van der Waals surface area contributed by atoms with Crippen molar-refractivity contribution in [3.05, 3.63) is 129 Å². The molecule has 44 heavy (non-hydrogen) atoms. The van der Waals surface area contributed by atoms with Crippen molar-refractivity contribution < 1.29 is 18.0 Å². The number of amides is 2. The summed E-state index contributed by atoms with van der Waals surface area (Å²) < 4.78 is 30.2. The fourth-order valence-corrected chi connectivity index (χ4v) is 6.83. The number of sulfonamides is 1. The Kier molecular flexibility index (Phi) is 11.6. The molecule has 0 radical (unpaired) electrons. The summed E-state index contributed by atoms with van der Waals surface area (Å²) in [6.45, 7) is 3.72. The summed E-state index contributed by atoms with van der Waals surface area (Å²) in [4.78, 5) is 29.7. The lowest BCUT2D eigenvalue weighted by Gasteiger charge is -2.34. The molecule has 0 aromatic heterocycles. The summed E-state index contributed by atoms with van der Waals surface area (Å²) >= 11 is 9.67. The maximum atomic E-state index is 14.5. The Bertz CT molecular complexity index is 1670. The van der Waals surface area contributed by atoms with Crippen LogP contribution < -0.4 is 9.62 Å². The molecule has 0 heterocycles. The zero-order valence-corrected chi connectivity index (χ0v) is 27.8. The number of hydrogen-bond acceptors (Lipinski definition) is 4. The lowest BCUT2D eigenvalue weighted by molar-refractivity contribution is -0.140. The molecule has 2 amide bonds. The van der Waals surface area contributed by atoms with E-state index in [4.69, 9.17) is 11.6 Å². The van der Waals surface area contributed by atoms with Gasteiger partial charge in [-0.1, -0.05) is 95.1 Å². The first kappa shape index (κ1) is 33.2. The topological polar surface area (TPSA) is 86.8 Å². The van der Waals surface area contributed by atoms with Gasteiger partial charge in [-0.2, -0.15) is 0 Å². The molecule has 230 valence electrons. The van der Waals surface area contributed by atoms with E-state index in [1.165, 1.54) is 17.0 Å². The standard InChI is InChI=1S/C34H35BrClN3O4S/c1-3-20-37-34(41)32(22-26-10-6-4-7-11-26)38(23-27-14-16-28(35)17-15-27)33(40)24-39(31-19-18-29(36)21-25(31)2)44(42,43)30-12-8-5-9-13-30/h4-19,21,32H,3,20,22-24H2,1-2H3,(H,37,41)/t32-/m1/s1. The summed E-state index contributed by atoms with van der Waals surface area (Å²) in [5.41, 5.74) is 2.58. The molecule has 4 aromatic rings. The molecule has 1 N–H and O–H groups in total. The number of nitrogens with zero attached hydrogens (tertiary/aromatic N) is 2. The minimum absolute atomic E-state index is 0.0446. The fourth-order valence-electron chi connectivity index (χ4n) is 4.84. The smallest absolute Gasteiger partial charge is 0.264 e. The van der Waals surface area contributed by atoms with Crippen LogP contribution in [0, 0.1) is 6.92 Å². The second kappa shape index (κ2) is 15.4. The molecular formula is C34H35BrClN3O4S. The van der Waals surface area contributed by atoms with Gasteiger partial charge in [-0.05, 0) is 72.5 Å². The molecule has 4 rings (SSSR count). The second-order valence-corrected chi connectivity index (χ2v) is 13.6. The number of rotatable bonds is 13. The van der Waals surface area contributed by atoms with Crippen LogP contribution in [0.4, 0.5) is 5.69 Å². The van der Waals surface area contributed by atoms with Gasteiger partial charge in [-0.25, -0.2) is 8.42 Å². The van der Waals surface area contributed by atoms with Crippen LogP contribution in [0.25, 0.3) is 0 Å². The van der Waals surface area contributed by atoms with E-state index < -0.39 is 28.5 Å². The maximum absolute atomic E-state index is 14.5. The Hall–Kier alpha value is -3.66. The first-order valence-corrected chi connectivity index (χ1v) is 16.9. The Morgan fingerprint density at radius 3 is 2.14 bits per heavy atom. The van der Waals surface area contributed by atoms with Gasteiger partial charge >= 0.3 is 0 Å². The van der Waals surface area contributed by atoms with Gasteiger partial charge < -0.3 is 10.2 Å². The molecule has 1 atom stereocenters. The van der Waals surface area contributed by atoms with Gasteiger partial charge in [0.05, 0.1) is 10.6 Å². The van der Waals surface area contributed by atoms with Crippen LogP contribution in [0.2, 0.25) is 5.02 Å². The molecule has 0 bridgehead atoms. The van der Waals surface area contributed by atoms with Crippen molar-refractivity contribution in [2.75, 3.05) is 17.4 Å². The SMILES string of the molecule is CCCNC(=O)[C@@H](Cc1ccccc1)N(Cc1ccc(Br)cc1)C(=O)CN(c1ccc(Cl)cc1C)S(=O)(=O)c1ccccc1. The quantitative estimate of drug-likeness (QED) is 0.167. The van der Waals surface area contributed by atoms with Gasteiger partial charge in [0.2, 0.25) is 11.8 Å². The summed E-state index contributed by atoms with van der Waals surface area (Å²) in [7, 11) is -4.18. The number of aryl methyl sites for hydroxylation is 1. The number of halogens is 2. The highest BCUT2D eigenvalue weighted by atomic mass is 79.9. The summed E-state index contributed by atoms with van der Waals surface area (Å²) in [5, 5.41) is 3.40. The van der Waals surface area contributed by atoms with E-state index in [9.17, 15) is 18.0 Å². The van der Waals surface area contributed by atoms with Crippen LogP contribution >= 0.6 is 27.5 Å². The predicted octanol–water partition coefficient (Wildman–Crippen LogP) is 6.77. The number of nitrogens with one attached hydrogen (secondary N) is 1. The van der Waals surface area contributed by atoms with Crippen molar-refractivity contribution in [1.82, 2.24) is 10.2 Å². The normalized spacial score (nSPS) is 11.9. The van der Waals surface area contributed by atoms with Crippen molar-refractivity contribution in [2.24, 2.45) is 0 Å². The second-order valence-electron chi connectivity index (χ2n) is 10.4. The summed E-state index contributed by atoms with van der Waals surface area (Å²) in [6.07, 6.45) is 0.980. The maximum Gasteiger partial charge on any atom is 0.264 e. The van der Waals surface area contributed by atoms with Gasteiger partial charge in [0.25, 0.3) is 10.0 Å². The van der Waals surface area contributed by atoms with Crippen LogP contribution in [0.15, 0.2) is 112 Å². The van der Waals surface area contributed by atoms with E-state index in [2.05, 4.69) is 21.2 Å². The summed E-state index contributed by atoms with van der Waals surface area (Å²) in [5.74, 6) is -0.823. The van der Waals surface area contributed by atoms with Gasteiger partial charge in [-0.3, -0.25) is 13.9 Å². The van der Waals surface area contributed by atoms with Gasteiger partial charge in [0.15, 0.2) is 0 Å². The minimum Gasteiger partial charge on any atom is -0.354 e. The Balaban J connectivity index is 1.81. The van der Waals surface area contributed by atoms with Crippen LogP contribution in [0.5, 0.6) is 0 Å². The number of anilines is 1. The third-order valence-electron chi connectivity index (χ3n) is 7.12. The minimum atomic E-state index is -4.18. The van der Waals surface area contributed by atoms with Crippen LogP contribution in [0.3, 0.4) is 0 Å². The largest absolute Gasteiger partial charge is 0.354 e. The fraction of sp³-hybridized carbons (Fsp3) is 0.235. The lowest BCUT2D eigenvalue weighted by Crippen LogP contribution is -2.53. The molecule has 0 unspecified atom stereocenters. The molecular weight excluding hydrogens is 662 g/mol. The van der Waals surface area contributed by atoms with Crippen LogP contribution in [0.1, 0.15) is 30.0 Å². The van der Waals surface area contributed by atoms with Crippen molar-refractivity contribution in [3.8, 4) is 0 Å². The third kappa shape index (κ3) is 8.49. The molecule has 0 spiro atoms. The molecule has 0 saturated carbocycles. The van der Waals surface area contributed by atoms with Crippen molar-refractivity contribution in [2.45, 2.75) is 44.2 Å². The molecule has 10 heteroatoms. The van der Waals surface area contributed by atoms with Crippen LogP contribution in [-0.4, -0.2) is 44.3 Å². The highest BCUT2D eigenvalue weighted by Crippen LogP contribution is 2.29. The average Bonchev–Trinajstić information content (AvgIpc) is 3.02. The highest BCUT2D eigenvalue weighted by molar-refractivity contribution is 9.10. The van der Waals surface area contributed by atoms with E-state index in [1.54, 1.807) is 43.3 Å². The Morgan fingerprint density at radius 1 is 0.886 bits per heavy atom. The number of carbonyl (C=O) groups excluding carboxylic acids is 2. The monoisotopic (exact) mass is 695 g/mol. The molecule has 7 nitrogen and oxygen atoms in total. The van der Waals surface area contributed by atoms with Gasteiger partial charge in [0, 0.05) is 29.0 Å². The zero-order chi connectivity index (χ0) is 31.7. The molecule has 0 fully saturated rings. The molecule has 4 aromatic carbocycles. The van der Waals surface area contributed by atoms with Gasteiger partial charge in [0.1, 0.15) is 12.6 Å². The van der Waals surface area contributed by atoms with E-state index in [0.29, 0.717) is 22.8 Å². The van der Waals surface area contributed by atoms with E-state index in [0.717, 1.165) is 26.3 Å². The van der Waals surface area contributed by atoms with E-state index in [-0.39, 0.29) is 23.8 Å². The molecule has 0 aliphatic rings. The van der Waals surface area contributed by atoms with Crippen molar-refractivity contribution >= 4 is 55.1 Å². The lowest BCUT2D eigenvalue weighted by atomic mass is 10.0. The number of carbonyl (C=O) groups is 2. The highest BCUT2D eigenvalue weighted by Gasteiger charge is 2.35. The number of benzene rings is 4. The Morgan fingerprint density at radius 2 is 1.52 bits per heavy atom. The Labute approximate surface area is 273 Å². The molecule has 0 saturated heterocycles. The average molecular weight is 697 g/mol. The third-order valence-corrected chi connectivity index (χ3v) is 9.66. The summed E-state index contributed by atoms with van der Waals surface area (Å²) in [6, 6.07) is 28.9. The first-order valence-electron chi connectivity index (χ1n) is 14.3. The molecule has 0 aliphatic carbocycles. The van der Waals surface area contributed by atoms with Crippen molar-refractivity contribution in [3.63, 3.8) is 0 Å². The predicted molar refractivity (Wildman–Crippen MR) is 179 cm³/mol. The van der Waals surface area contributed by atoms with Gasteiger partial charge in [-0.15, -0.1) is 0 Å². The van der Waals surface area contributed by atoms with Crippen LogP contribution in [-0.2, 0) is 32.6 Å².